The first-order valence-corrected chi connectivity index (χ1v) is 13.3. The van der Waals surface area contributed by atoms with Crippen molar-refractivity contribution >= 4 is 15.9 Å². The van der Waals surface area contributed by atoms with Gasteiger partial charge in [-0.3, -0.25) is 9.69 Å². The SMILES string of the molecule is O=C(CCc1ccc(S(=O)(=O)NC2CC2)cc1)N1CCN(Cc2ccc3c(c2)CCO3)CC1. The van der Waals surface area contributed by atoms with E-state index in [4.69, 9.17) is 4.74 Å². The molecule has 5 rings (SSSR count). The molecule has 2 aromatic rings. The van der Waals surface area contributed by atoms with E-state index >= 15 is 0 Å². The van der Waals surface area contributed by atoms with Crippen LogP contribution in [-0.4, -0.2) is 63.0 Å². The van der Waals surface area contributed by atoms with Gasteiger partial charge in [0, 0.05) is 51.6 Å². The van der Waals surface area contributed by atoms with Crippen LogP contribution in [0.25, 0.3) is 0 Å². The van der Waals surface area contributed by atoms with Crippen LogP contribution in [-0.2, 0) is 34.2 Å². The molecule has 0 aromatic heterocycles. The fraction of sp³-hybridized carbons (Fsp3) is 0.480. The van der Waals surface area contributed by atoms with E-state index in [1.165, 1.54) is 11.1 Å². The number of hydrogen-bond donors (Lipinski definition) is 1. The van der Waals surface area contributed by atoms with Crippen molar-refractivity contribution in [3.8, 4) is 5.75 Å². The number of piperazine rings is 1. The van der Waals surface area contributed by atoms with Crippen LogP contribution in [0, 0.1) is 0 Å². The number of carbonyl (C=O) groups excluding carboxylic acids is 1. The molecule has 2 aliphatic heterocycles. The van der Waals surface area contributed by atoms with Gasteiger partial charge >= 0.3 is 0 Å². The molecule has 1 amide bonds. The van der Waals surface area contributed by atoms with Gasteiger partial charge in [0.05, 0.1) is 11.5 Å². The van der Waals surface area contributed by atoms with E-state index < -0.39 is 10.0 Å². The summed E-state index contributed by atoms with van der Waals surface area (Å²) in [4.78, 5) is 17.3. The molecule has 2 aromatic carbocycles. The summed E-state index contributed by atoms with van der Waals surface area (Å²) in [6, 6.07) is 13.4. The Balaban J connectivity index is 1.07. The number of sulfonamides is 1. The van der Waals surface area contributed by atoms with E-state index in [-0.39, 0.29) is 16.8 Å². The van der Waals surface area contributed by atoms with Crippen molar-refractivity contribution < 1.29 is 17.9 Å². The summed E-state index contributed by atoms with van der Waals surface area (Å²) in [6.07, 6.45) is 3.87. The predicted octanol–water partition coefficient (Wildman–Crippen LogP) is 2.34. The third-order valence-corrected chi connectivity index (χ3v) is 8.18. The summed E-state index contributed by atoms with van der Waals surface area (Å²) in [5.41, 5.74) is 3.58. The molecular formula is C25H31N3O4S. The van der Waals surface area contributed by atoms with Gasteiger partial charge in [-0.1, -0.05) is 24.3 Å². The summed E-state index contributed by atoms with van der Waals surface area (Å²) in [6.45, 7) is 4.92. The molecule has 0 radical (unpaired) electrons. The van der Waals surface area contributed by atoms with Crippen molar-refractivity contribution in [1.82, 2.24) is 14.5 Å². The maximum atomic E-state index is 12.7. The Morgan fingerprint density at radius 2 is 1.73 bits per heavy atom. The number of ether oxygens (including phenoxy) is 1. The predicted molar refractivity (Wildman–Crippen MR) is 126 cm³/mol. The molecule has 0 bridgehead atoms. The second kappa shape index (κ2) is 9.44. The van der Waals surface area contributed by atoms with Gasteiger partial charge < -0.3 is 9.64 Å². The van der Waals surface area contributed by atoms with Gasteiger partial charge in [0.2, 0.25) is 15.9 Å². The molecule has 2 heterocycles. The molecule has 1 saturated carbocycles. The van der Waals surface area contributed by atoms with Gasteiger partial charge in [-0.15, -0.1) is 0 Å². The van der Waals surface area contributed by atoms with E-state index in [2.05, 4.69) is 27.8 Å². The molecule has 0 unspecified atom stereocenters. The number of rotatable bonds is 8. The Morgan fingerprint density at radius 1 is 1.00 bits per heavy atom. The first-order chi connectivity index (χ1) is 16.0. The monoisotopic (exact) mass is 469 g/mol. The maximum Gasteiger partial charge on any atom is 0.240 e. The number of nitrogens with zero attached hydrogens (tertiary/aromatic N) is 2. The van der Waals surface area contributed by atoms with E-state index in [0.717, 1.165) is 69.9 Å². The lowest BCUT2D eigenvalue weighted by atomic mass is 10.1. The molecule has 176 valence electrons. The summed E-state index contributed by atoms with van der Waals surface area (Å²) in [5, 5.41) is 0. The maximum absolute atomic E-state index is 12.7. The zero-order chi connectivity index (χ0) is 22.8. The highest BCUT2D eigenvalue weighted by Gasteiger charge is 2.28. The number of carbonyl (C=O) groups is 1. The van der Waals surface area contributed by atoms with E-state index in [1.807, 2.05) is 17.0 Å². The van der Waals surface area contributed by atoms with Crippen molar-refractivity contribution in [2.24, 2.45) is 0 Å². The summed E-state index contributed by atoms with van der Waals surface area (Å²) >= 11 is 0. The first kappa shape index (κ1) is 22.4. The quantitative estimate of drug-likeness (QED) is 0.642. The fourth-order valence-corrected chi connectivity index (χ4v) is 5.79. The molecule has 33 heavy (non-hydrogen) atoms. The molecule has 1 saturated heterocycles. The van der Waals surface area contributed by atoms with E-state index in [1.54, 1.807) is 12.1 Å². The normalized spacial score (nSPS) is 18.7. The van der Waals surface area contributed by atoms with Crippen LogP contribution >= 0.6 is 0 Å². The van der Waals surface area contributed by atoms with E-state index in [9.17, 15) is 13.2 Å². The minimum Gasteiger partial charge on any atom is -0.493 e. The largest absolute Gasteiger partial charge is 0.493 e. The van der Waals surface area contributed by atoms with Crippen LogP contribution in [0.15, 0.2) is 47.4 Å². The molecule has 7 nitrogen and oxygen atoms in total. The minimum absolute atomic E-state index is 0.0933. The van der Waals surface area contributed by atoms with Crippen LogP contribution in [0.1, 0.15) is 36.0 Å². The van der Waals surface area contributed by atoms with E-state index in [0.29, 0.717) is 12.8 Å². The second-order valence-electron chi connectivity index (χ2n) is 9.24. The van der Waals surface area contributed by atoms with Gasteiger partial charge in [-0.05, 0) is 54.2 Å². The number of hydrogen-bond acceptors (Lipinski definition) is 5. The van der Waals surface area contributed by atoms with Crippen molar-refractivity contribution in [1.29, 1.82) is 0 Å². The van der Waals surface area contributed by atoms with Gasteiger partial charge in [0.1, 0.15) is 5.75 Å². The summed E-state index contributed by atoms with van der Waals surface area (Å²) in [7, 11) is -3.43. The third kappa shape index (κ3) is 5.57. The third-order valence-electron chi connectivity index (χ3n) is 6.65. The zero-order valence-corrected chi connectivity index (χ0v) is 19.6. The van der Waals surface area contributed by atoms with Gasteiger partial charge in [-0.2, -0.15) is 0 Å². The van der Waals surface area contributed by atoms with Crippen LogP contribution in [0.2, 0.25) is 0 Å². The average Bonchev–Trinajstić information content (AvgIpc) is 3.50. The molecule has 2 fully saturated rings. The van der Waals surface area contributed by atoms with Gasteiger partial charge in [-0.25, -0.2) is 13.1 Å². The zero-order valence-electron chi connectivity index (χ0n) is 18.8. The highest BCUT2D eigenvalue weighted by Crippen LogP contribution is 2.26. The standard InChI is InChI=1S/C25H31N3O4S/c29-25(10-4-19-1-7-23(8-2-19)33(30,31)26-22-5-6-22)28-14-12-27(13-15-28)18-20-3-9-24-21(17-20)11-16-32-24/h1-3,7-9,17,22,26H,4-6,10-16,18H2. The Kier molecular flexibility index (Phi) is 6.40. The number of benzene rings is 2. The molecule has 8 heteroatoms. The molecule has 1 N–H and O–H groups in total. The van der Waals surface area contributed by atoms with Crippen molar-refractivity contribution in [3.05, 3.63) is 59.2 Å². The lowest BCUT2D eigenvalue weighted by molar-refractivity contribution is -0.133. The second-order valence-corrected chi connectivity index (χ2v) is 11.0. The molecule has 3 aliphatic rings. The lowest BCUT2D eigenvalue weighted by Crippen LogP contribution is -2.48. The average molecular weight is 470 g/mol. The van der Waals surface area contributed by atoms with Crippen molar-refractivity contribution in [3.63, 3.8) is 0 Å². The van der Waals surface area contributed by atoms with Crippen LogP contribution in [0.5, 0.6) is 5.75 Å². The lowest BCUT2D eigenvalue weighted by Gasteiger charge is -2.35. The molecular weight excluding hydrogens is 438 g/mol. The van der Waals surface area contributed by atoms with Gasteiger partial charge in [0.15, 0.2) is 0 Å². The number of amides is 1. The molecule has 0 atom stereocenters. The number of fused-ring (bicyclic) bond motifs is 1. The Morgan fingerprint density at radius 3 is 2.45 bits per heavy atom. The van der Waals surface area contributed by atoms with Gasteiger partial charge in [0.25, 0.3) is 0 Å². The molecule has 1 aliphatic carbocycles. The van der Waals surface area contributed by atoms with Crippen LogP contribution in [0.4, 0.5) is 0 Å². The summed E-state index contributed by atoms with van der Waals surface area (Å²) < 4.78 is 32.8. The van der Waals surface area contributed by atoms with Crippen molar-refractivity contribution in [2.45, 2.75) is 49.6 Å². The van der Waals surface area contributed by atoms with Crippen LogP contribution < -0.4 is 9.46 Å². The summed E-state index contributed by atoms with van der Waals surface area (Å²) in [5.74, 6) is 1.18. The minimum atomic E-state index is -3.43. The first-order valence-electron chi connectivity index (χ1n) is 11.8. The smallest absolute Gasteiger partial charge is 0.240 e. The Bertz CT molecular complexity index is 1100. The number of nitrogens with one attached hydrogen (secondary N) is 1. The molecule has 0 spiro atoms. The fourth-order valence-electron chi connectivity index (χ4n) is 4.49. The Labute approximate surface area is 195 Å². The topological polar surface area (TPSA) is 79.0 Å². The highest BCUT2D eigenvalue weighted by molar-refractivity contribution is 7.89. The van der Waals surface area contributed by atoms with Crippen LogP contribution in [0.3, 0.4) is 0 Å². The Hall–Kier alpha value is -2.42. The number of aryl methyl sites for hydroxylation is 1. The van der Waals surface area contributed by atoms with Crippen molar-refractivity contribution in [2.75, 3.05) is 32.8 Å². The highest BCUT2D eigenvalue weighted by atomic mass is 32.2.